The van der Waals surface area contributed by atoms with Gasteiger partial charge in [0.1, 0.15) is 17.9 Å². The molecule has 0 saturated carbocycles. The highest BCUT2D eigenvalue weighted by molar-refractivity contribution is 9.10. The first kappa shape index (κ1) is 14.4. The molecule has 0 aliphatic heterocycles. The highest BCUT2D eigenvalue weighted by Crippen LogP contribution is 2.23. The highest BCUT2D eigenvalue weighted by atomic mass is 79.9. The molecule has 0 amide bonds. The predicted octanol–water partition coefficient (Wildman–Crippen LogP) is 3.40. The monoisotopic (exact) mass is 335 g/mol. The quantitative estimate of drug-likeness (QED) is 0.687. The molecule has 0 aromatic heterocycles. The van der Waals surface area contributed by atoms with E-state index in [0.29, 0.717) is 23.6 Å². The Kier molecular flexibility index (Phi) is 4.63. The molecular formula is C15H14BrNO3. The van der Waals surface area contributed by atoms with Crippen molar-refractivity contribution < 1.29 is 14.3 Å². The molecule has 2 N–H and O–H groups in total. The van der Waals surface area contributed by atoms with E-state index >= 15 is 0 Å². The topological polar surface area (TPSA) is 61.5 Å². The summed E-state index contributed by atoms with van der Waals surface area (Å²) in [5, 5.41) is 0. The fourth-order valence-corrected chi connectivity index (χ4v) is 2.18. The van der Waals surface area contributed by atoms with Crippen molar-refractivity contribution >= 4 is 27.6 Å². The number of hydrogen-bond donors (Lipinski definition) is 1. The standard InChI is InChI=1S/C15H14BrNO3/c1-19-15(18)13-8-12(17)5-6-14(13)20-9-10-3-2-4-11(16)7-10/h2-8H,9,17H2,1H3. The van der Waals surface area contributed by atoms with Gasteiger partial charge in [0.25, 0.3) is 0 Å². The third-order valence-corrected chi connectivity index (χ3v) is 3.19. The van der Waals surface area contributed by atoms with Crippen molar-refractivity contribution in [2.45, 2.75) is 6.61 Å². The van der Waals surface area contributed by atoms with Gasteiger partial charge in [0, 0.05) is 10.2 Å². The van der Waals surface area contributed by atoms with Crippen LogP contribution in [-0.2, 0) is 11.3 Å². The van der Waals surface area contributed by atoms with E-state index in [9.17, 15) is 4.79 Å². The average Bonchev–Trinajstić information content (AvgIpc) is 2.45. The Morgan fingerprint density at radius 2 is 2.05 bits per heavy atom. The van der Waals surface area contributed by atoms with Crippen LogP contribution in [0.15, 0.2) is 46.9 Å². The first-order chi connectivity index (χ1) is 9.60. The zero-order valence-corrected chi connectivity index (χ0v) is 12.5. The smallest absolute Gasteiger partial charge is 0.341 e. The minimum absolute atomic E-state index is 0.322. The Morgan fingerprint density at radius 3 is 2.75 bits per heavy atom. The van der Waals surface area contributed by atoms with Crippen LogP contribution in [0.3, 0.4) is 0 Å². The van der Waals surface area contributed by atoms with Gasteiger partial charge >= 0.3 is 5.97 Å². The summed E-state index contributed by atoms with van der Waals surface area (Å²) in [6, 6.07) is 12.7. The molecule has 0 heterocycles. The molecular weight excluding hydrogens is 322 g/mol. The van der Waals surface area contributed by atoms with Gasteiger partial charge in [-0.2, -0.15) is 0 Å². The van der Waals surface area contributed by atoms with Crippen LogP contribution in [0.25, 0.3) is 0 Å². The first-order valence-corrected chi connectivity index (χ1v) is 6.74. The summed E-state index contributed by atoms with van der Waals surface area (Å²) in [6.45, 7) is 0.355. The van der Waals surface area contributed by atoms with Gasteiger partial charge < -0.3 is 15.2 Å². The molecule has 4 nitrogen and oxygen atoms in total. The number of ether oxygens (including phenoxy) is 2. The van der Waals surface area contributed by atoms with E-state index in [1.54, 1.807) is 18.2 Å². The first-order valence-electron chi connectivity index (χ1n) is 5.95. The Hall–Kier alpha value is -2.01. The summed E-state index contributed by atoms with van der Waals surface area (Å²) in [4.78, 5) is 11.7. The number of anilines is 1. The van der Waals surface area contributed by atoms with Crippen molar-refractivity contribution in [3.05, 3.63) is 58.1 Å². The third-order valence-electron chi connectivity index (χ3n) is 2.69. The second-order valence-electron chi connectivity index (χ2n) is 4.17. The molecule has 0 aliphatic rings. The number of carbonyl (C=O) groups is 1. The van der Waals surface area contributed by atoms with Crippen LogP contribution >= 0.6 is 15.9 Å². The van der Waals surface area contributed by atoms with Crippen LogP contribution in [-0.4, -0.2) is 13.1 Å². The molecule has 0 bridgehead atoms. The minimum atomic E-state index is -0.471. The summed E-state index contributed by atoms with van der Waals surface area (Å²) < 4.78 is 11.4. The fraction of sp³-hybridized carbons (Fsp3) is 0.133. The van der Waals surface area contributed by atoms with E-state index < -0.39 is 5.97 Å². The van der Waals surface area contributed by atoms with Gasteiger partial charge in [-0.05, 0) is 35.9 Å². The molecule has 0 unspecified atom stereocenters. The highest BCUT2D eigenvalue weighted by Gasteiger charge is 2.13. The van der Waals surface area contributed by atoms with Crippen LogP contribution in [0.5, 0.6) is 5.75 Å². The van der Waals surface area contributed by atoms with Crippen molar-refractivity contribution in [3.63, 3.8) is 0 Å². The number of rotatable bonds is 4. The second-order valence-corrected chi connectivity index (χ2v) is 5.08. The maximum atomic E-state index is 11.7. The molecule has 0 radical (unpaired) electrons. The molecule has 0 spiro atoms. The maximum Gasteiger partial charge on any atom is 0.341 e. The predicted molar refractivity (Wildman–Crippen MR) is 80.7 cm³/mol. The van der Waals surface area contributed by atoms with Crippen molar-refractivity contribution in [2.24, 2.45) is 0 Å². The summed E-state index contributed by atoms with van der Waals surface area (Å²) in [5.74, 6) is -0.0208. The van der Waals surface area contributed by atoms with Gasteiger partial charge in [0.15, 0.2) is 0 Å². The lowest BCUT2D eigenvalue weighted by Gasteiger charge is -2.11. The number of halogens is 1. The average molecular weight is 336 g/mol. The van der Waals surface area contributed by atoms with Crippen LogP contribution in [0.4, 0.5) is 5.69 Å². The summed E-state index contributed by atoms with van der Waals surface area (Å²) >= 11 is 3.40. The van der Waals surface area contributed by atoms with E-state index in [1.807, 2.05) is 24.3 Å². The summed E-state index contributed by atoms with van der Waals surface area (Å²) in [6.07, 6.45) is 0. The van der Waals surface area contributed by atoms with Crippen molar-refractivity contribution in [1.29, 1.82) is 0 Å². The number of benzene rings is 2. The summed E-state index contributed by atoms with van der Waals surface area (Å²) in [5.41, 5.74) is 7.48. The van der Waals surface area contributed by atoms with Gasteiger partial charge in [-0.3, -0.25) is 0 Å². The molecule has 2 rings (SSSR count). The van der Waals surface area contributed by atoms with E-state index in [4.69, 9.17) is 15.2 Å². The van der Waals surface area contributed by atoms with E-state index in [2.05, 4.69) is 15.9 Å². The van der Waals surface area contributed by atoms with Crippen LogP contribution in [0.1, 0.15) is 15.9 Å². The van der Waals surface area contributed by atoms with Crippen molar-refractivity contribution in [3.8, 4) is 5.75 Å². The zero-order valence-electron chi connectivity index (χ0n) is 10.9. The molecule has 0 aliphatic carbocycles. The largest absolute Gasteiger partial charge is 0.488 e. The normalized spacial score (nSPS) is 10.1. The number of hydrogen-bond acceptors (Lipinski definition) is 4. The van der Waals surface area contributed by atoms with E-state index in [1.165, 1.54) is 7.11 Å². The molecule has 0 fully saturated rings. The Bertz CT molecular complexity index is 628. The van der Waals surface area contributed by atoms with Crippen LogP contribution in [0.2, 0.25) is 0 Å². The lowest BCUT2D eigenvalue weighted by atomic mass is 10.1. The number of carbonyl (C=O) groups excluding carboxylic acids is 1. The van der Waals surface area contributed by atoms with Crippen LogP contribution < -0.4 is 10.5 Å². The van der Waals surface area contributed by atoms with Gasteiger partial charge in [-0.15, -0.1) is 0 Å². The maximum absolute atomic E-state index is 11.7. The van der Waals surface area contributed by atoms with Gasteiger partial charge in [-0.1, -0.05) is 28.1 Å². The molecule has 5 heteroatoms. The van der Waals surface area contributed by atoms with Crippen LogP contribution in [0, 0.1) is 0 Å². The van der Waals surface area contributed by atoms with Gasteiger partial charge in [-0.25, -0.2) is 4.79 Å². The lowest BCUT2D eigenvalue weighted by Crippen LogP contribution is -2.06. The molecule has 104 valence electrons. The zero-order chi connectivity index (χ0) is 14.5. The van der Waals surface area contributed by atoms with Crippen molar-refractivity contribution in [1.82, 2.24) is 0 Å². The molecule has 0 atom stereocenters. The Balaban J connectivity index is 2.19. The fourth-order valence-electron chi connectivity index (χ4n) is 1.73. The second kappa shape index (κ2) is 6.43. The minimum Gasteiger partial charge on any atom is -0.488 e. The van der Waals surface area contributed by atoms with Gasteiger partial charge in [0.05, 0.1) is 7.11 Å². The number of esters is 1. The van der Waals surface area contributed by atoms with E-state index in [-0.39, 0.29) is 0 Å². The molecule has 2 aromatic carbocycles. The molecule has 0 saturated heterocycles. The SMILES string of the molecule is COC(=O)c1cc(N)ccc1OCc1cccc(Br)c1. The van der Waals surface area contributed by atoms with Gasteiger partial charge in [0.2, 0.25) is 0 Å². The number of nitrogen functional groups attached to an aromatic ring is 1. The number of methoxy groups -OCH3 is 1. The third kappa shape index (κ3) is 3.51. The van der Waals surface area contributed by atoms with E-state index in [0.717, 1.165) is 10.0 Å². The Morgan fingerprint density at radius 1 is 1.25 bits per heavy atom. The lowest BCUT2D eigenvalue weighted by molar-refractivity contribution is 0.0595. The molecule has 20 heavy (non-hydrogen) atoms. The summed E-state index contributed by atoms with van der Waals surface area (Å²) in [7, 11) is 1.32. The molecule has 2 aromatic rings. The Labute approximate surface area is 125 Å². The number of nitrogens with two attached hydrogens (primary N) is 1. The van der Waals surface area contributed by atoms with Crippen molar-refractivity contribution in [2.75, 3.05) is 12.8 Å².